The number of aromatic nitrogens is 10. The highest BCUT2D eigenvalue weighted by Crippen LogP contribution is 2.46. The van der Waals surface area contributed by atoms with Gasteiger partial charge in [-0.05, 0) is 227 Å². The van der Waals surface area contributed by atoms with Crippen LogP contribution in [0.25, 0.3) is 201 Å². The molecule has 652 valence electrons. The van der Waals surface area contributed by atoms with E-state index in [-0.39, 0.29) is 0 Å². The molecule has 16 aromatic carbocycles. The third-order valence-electron chi connectivity index (χ3n) is 23.4. The van der Waals surface area contributed by atoms with Crippen LogP contribution in [0.15, 0.2) is 400 Å². The molecule has 22 aromatic rings. The normalized spacial score (nSPS) is 9.90. The lowest BCUT2D eigenvalue weighted by Crippen LogP contribution is -2.03. The molecule has 0 unspecified atom stereocenters. The Bertz CT molecular complexity index is 9770. The zero-order valence-corrected chi connectivity index (χ0v) is 76.7. The van der Waals surface area contributed by atoms with Crippen molar-refractivity contribution in [1.29, 1.82) is 0 Å². The first kappa shape index (κ1) is 89.0. The van der Waals surface area contributed by atoms with Gasteiger partial charge in [0.2, 0.25) is 0 Å². The Kier molecular flexibility index (Phi) is 26.8. The minimum absolute atomic E-state index is 0.613. The topological polar surface area (TPSA) is 97.1 Å². The molecule has 0 aliphatic rings. The molecule has 0 spiro atoms. The molecule has 6 aromatic heterocycles. The predicted octanol–water partition coefficient (Wildman–Crippen LogP) is 26.2. The molecular weight excluding hydrogens is 1740 g/mol. The summed E-state index contributed by atoms with van der Waals surface area (Å²) < 4.78 is 9.65. The van der Waals surface area contributed by atoms with E-state index in [9.17, 15) is 0 Å². The molecular formula is C133H70N10. The van der Waals surface area contributed by atoms with E-state index in [4.69, 9.17) is 36.3 Å². The van der Waals surface area contributed by atoms with Crippen molar-refractivity contribution in [2.24, 2.45) is 0 Å². The first-order valence-corrected chi connectivity index (χ1v) is 45.5. The Labute approximate surface area is 828 Å². The van der Waals surface area contributed by atoms with Crippen LogP contribution in [0.1, 0.15) is 6.92 Å². The Balaban J connectivity index is 0.000000139. The van der Waals surface area contributed by atoms with Gasteiger partial charge in [-0.15, -0.1) is 6.42 Å². The second kappa shape index (κ2) is 43.0. The van der Waals surface area contributed by atoms with Gasteiger partial charge >= 0.3 is 0 Å². The van der Waals surface area contributed by atoms with Gasteiger partial charge in [-0.25, -0.2) is 29.9 Å². The van der Waals surface area contributed by atoms with Crippen LogP contribution in [0.5, 0.6) is 0 Å². The molecule has 6 heterocycles. The molecule has 10 heteroatoms. The molecule has 22 rings (SSSR count). The fraction of sp³-hybridized carbons (Fsp3) is 0.00752. The van der Waals surface area contributed by atoms with Crippen LogP contribution in [0.2, 0.25) is 0 Å². The quantitative estimate of drug-likeness (QED) is 0.113. The van der Waals surface area contributed by atoms with Gasteiger partial charge in [0.05, 0.1) is 49.8 Å². The van der Waals surface area contributed by atoms with Crippen molar-refractivity contribution in [1.82, 2.24) is 48.2 Å². The van der Waals surface area contributed by atoms with Crippen LogP contribution >= 0.6 is 0 Å². The van der Waals surface area contributed by atoms with E-state index in [1.54, 1.807) is 6.92 Å². The van der Waals surface area contributed by atoms with Gasteiger partial charge in [0.25, 0.3) is 0 Å². The number of nitrogens with zero attached hydrogens (tertiary/aromatic N) is 10. The van der Waals surface area contributed by atoms with Crippen molar-refractivity contribution < 1.29 is 0 Å². The number of benzene rings is 16. The van der Waals surface area contributed by atoms with E-state index in [0.717, 1.165) is 89.3 Å². The highest BCUT2D eigenvalue weighted by atomic mass is 15.1. The maximum atomic E-state index is 5.18. The molecule has 0 radical (unpaired) electrons. The van der Waals surface area contributed by atoms with Crippen molar-refractivity contribution in [3.8, 4) is 291 Å². The third-order valence-corrected chi connectivity index (χ3v) is 23.4. The molecule has 0 fully saturated rings. The monoisotopic (exact) mass is 1810 g/mol. The number of hydrogen-bond donors (Lipinski definition) is 0. The minimum atomic E-state index is 0.613. The smallest absolute Gasteiger partial charge is 0.166 e. The van der Waals surface area contributed by atoms with Gasteiger partial charge in [-0.1, -0.05) is 303 Å². The number of rotatable bonds is 12. The first-order chi connectivity index (χ1) is 71.0. The summed E-state index contributed by atoms with van der Waals surface area (Å²) in [5, 5.41) is 9.72. The summed E-state index contributed by atoms with van der Waals surface area (Å²) in [5.41, 5.74) is 23.9. The van der Waals surface area contributed by atoms with Gasteiger partial charge in [-0.3, -0.25) is 0 Å². The van der Waals surface area contributed by atoms with Crippen molar-refractivity contribution in [2.45, 2.75) is 6.92 Å². The molecule has 0 bridgehead atoms. The summed E-state index contributed by atoms with van der Waals surface area (Å²) in [6.45, 7) is 1.69. The van der Waals surface area contributed by atoms with Gasteiger partial charge in [0.1, 0.15) is 0 Å². The lowest BCUT2D eigenvalue weighted by molar-refractivity contribution is 1.06. The number of fused-ring (bicyclic) bond motifs is 14. The second-order valence-electron chi connectivity index (χ2n) is 31.9. The molecule has 10 nitrogen and oxygen atoms in total. The van der Waals surface area contributed by atoms with E-state index in [1.807, 2.05) is 97.1 Å². The summed E-state index contributed by atoms with van der Waals surface area (Å²) >= 11 is 0. The number of para-hydroxylation sites is 6. The maximum Gasteiger partial charge on any atom is 0.166 e. The lowest BCUT2D eigenvalue weighted by atomic mass is 9.99. The lowest BCUT2D eigenvalue weighted by Gasteiger charge is -2.15. The summed E-state index contributed by atoms with van der Waals surface area (Å²) in [6.07, 6.45) is 4.92. The van der Waals surface area contributed by atoms with Crippen LogP contribution < -0.4 is 0 Å². The van der Waals surface area contributed by atoms with Crippen molar-refractivity contribution in [2.75, 3.05) is 0 Å². The third kappa shape index (κ3) is 19.5. The summed E-state index contributed by atoms with van der Waals surface area (Å²) in [6, 6.07) is 141. The zero-order valence-electron chi connectivity index (χ0n) is 76.7. The molecule has 0 aliphatic heterocycles. The standard InChI is InChI=1S/C57H37N5.C45H29N5.C31H4/c1-4-18-38(19-5-1)41-24-16-25-42(36-41)43-26-17-27-44(37-43)61-49-31-13-10-28-45(49)46-34-35-52-53(54(46)61)47-29-11-14-32-50(47)62(52)51-33-15-12-30-48(51)57-59-55(39-20-6-2-7-21-39)58-56(60-57)40-22-8-3-9-23-40;1-4-14-30(15-5-1)43-46-44(31-16-6-2-7-17-31)48-45(47-43)32-24-26-34(27-25-32)49-39-23-13-11-21-37(39)41-40(49)29-28-36-35-20-10-12-22-38(35)50(42(36)41)33-18-8-3-9-19-33;1-3-5-7-9-11-13-15-17-19-21-23-25-27-29-31-30-28-26-24-22-20-18-16-14-12-10-8-6-4-2/h1-37H;1-29H;1H,2H3. The van der Waals surface area contributed by atoms with E-state index in [0.29, 0.717) is 34.9 Å². The van der Waals surface area contributed by atoms with Crippen molar-refractivity contribution in [3.63, 3.8) is 0 Å². The Morgan fingerprint density at radius 1 is 0.182 bits per heavy atom. The summed E-state index contributed by atoms with van der Waals surface area (Å²) in [7, 11) is 0. The van der Waals surface area contributed by atoms with Crippen LogP contribution in [0, 0.1) is 178 Å². The van der Waals surface area contributed by atoms with E-state index < -0.39 is 0 Å². The average molecular weight is 1810 g/mol. The van der Waals surface area contributed by atoms with Crippen molar-refractivity contribution in [3.05, 3.63) is 400 Å². The van der Waals surface area contributed by atoms with E-state index >= 15 is 0 Å². The van der Waals surface area contributed by atoms with Gasteiger partial charge in [0.15, 0.2) is 34.9 Å². The van der Waals surface area contributed by atoms with Gasteiger partial charge in [-0.2, -0.15) is 0 Å². The SMILES string of the molecule is C#CC#CC#CC#CC#CC#CC#CC#CC#CC#CC#CC#CC#CC#CC#CC.c1ccc(-c2cccc(-c3cccc(-n4c5ccccc5c5ccc6c(c7ccccc7n6-c6ccccc6-c6nc(-c7ccccc7)nc(-c7ccccc7)n6)c54)c3)c2)cc1.c1ccc(-c2nc(-c3ccccc3)nc(-c3ccc(-n4c5ccccc5c5c4ccc4c6ccccc6n(-c6ccccc6)c45)cc3)n2)cc1. The maximum absolute atomic E-state index is 5.18. The Morgan fingerprint density at radius 2 is 0.462 bits per heavy atom. The molecule has 143 heavy (non-hydrogen) atoms. The Morgan fingerprint density at radius 3 is 0.874 bits per heavy atom. The van der Waals surface area contributed by atoms with Crippen LogP contribution in [0.4, 0.5) is 0 Å². The molecule has 0 saturated carbocycles. The minimum Gasteiger partial charge on any atom is -0.309 e. The van der Waals surface area contributed by atoms with Crippen LogP contribution in [0.3, 0.4) is 0 Å². The van der Waals surface area contributed by atoms with Gasteiger partial charge in [0, 0.05) is 165 Å². The van der Waals surface area contributed by atoms with Crippen LogP contribution in [-0.4, -0.2) is 48.2 Å². The molecule has 0 amide bonds. The average Bonchev–Trinajstić information content (AvgIpc) is 1.55. The largest absolute Gasteiger partial charge is 0.309 e. The predicted molar refractivity (Wildman–Crippen MR) is 584 cm³/mol. The second-order valence-corrected chi connectivity index (χ2v) is 31.9. The first-order valence-electron chi connectivity index (χ1n) is 45.5. The molecule has 0 saturated heterocycles. The van der Waals surface area contributed by atoms with E-state index in [2.05, 4.69) is 493 Å². The zero-order chi connectivity index (χ0) is 96.5. The van der Waals surface area contributed by atoms with Crippen molar-refractivity contribution >= 4 is 87.2 Å². The fourth-order valence-corrected chi connectivity index (χ4v) is 17.4. The highest BCUT2D eigenvalue weighted by molar-refractivity contribution is 6.28. The Hall–Kier alpha value is -21.9. The van der Waals surface area contributed by atoms with E-state index in [1.165, 1.54) is 76.3 Å². The molecule has 0 atom stereocenters. The highest BCUT2D eigenvalue weighted by Gasteiger charge is 2.26. The van der Waals surface area contributed by atoms with Gasteiger partial charge < -0.3 is 18.3 Å². The molecule has 0 N–H and O–H groups in total. The molecule has 0 aliphatic carbocycles. The van der Waals surface area contributed by atoms with Crippen LogP contribution in [-0.2, 0) is 0 Å². The summed E-state index contributed by atoms with van der Waals surface area (Å²) in [5.74, 6) is 75.7. The number of hydrogen-bond acceptors (Lipinski definition) is 6. The fourth-order valence-electron chi connectivity index (χ4n) is 17.4. The number of terminal acetylenes is 1. The summed E-state index contributed by atoms with van der Waals surface area (Å²) in [4.78, 5) is 30.1.